The highest BCUT2D eigenvalue weighted by atomic mass is 15.2. The van der Waals surface area contributed by atoms with Crippen molar-refractivity contribution in [2.75, 3.05) is 13.1 Å². The van der Waals surface area contributed by atoms with Gasteiger partial charge in [0, 0.05) is 25.2 Å². The van der Waals surface area contributed by atoms with Crippen molar-refractivity contribution in [3.05, 3.63) is 34.9 Å². The summed E-state index contributed by atoms with van der Waals surface area (Å²) in [4.78, 5) is 2.68. The molecule has 3 unspecified atom stereocenters. The Morgan fingerprint density at radius 3 is 2.78 bits per heavy atom. The van der Waals surface area contributed by atoms with Crippen molar-refractivity contribution in [3.8, 4) is 0 Å². The Morgan fingerprint density at radius 1 is 1.33 bits per heavy atom. The van der Waals surface area contributed by atoms with Crippen LogP contribution >= 0.6 is 0 Å². The van der Waals surface area contributed by atoms with Crippen LogP contribution in [0.1, 0.15) is 42.0 Å². The molecule has 1 aromatic rings. The lowest BCUT2D eigenvalue weighted by Gasteiger charge is -2.35. The van der Waals surface area contributed by atoms with Gasteiger partial charge in [-0.1, -0.05) is 23.8 Å². The van der Waals surface area contributed by atoms with Gasteiger partial charge in [-0.25, -0.2) is 0 Å². The largest absolute Gasteiger partial charge is 0.329 e. The second-order valence-electron chi connectivity index (χ2n) is 6.14. The summed E-state index contributed by atoms with van der Waals surface area (Å²) < 4.78 is 0. The van der Waals surface area contributed by atoms with Gasteiger partial charge < -0.3 is 5.73 Å². The number of aryl methyl sites for hydroxylation is 2. The molecule has 2 heteroatoms. The van der Waals surface area contributed by atoms with Crippen molar-refractivity contribution in [2.24, 2.45) is 11.7 Å². The minimum absolute atomic E-state index is 0.431. The van der Waals surface area contributed by atoms with Crippen molar-refractivity contribution < 1.29 is 0 Å². The molecule has 1 heterocycles. The zero-order chi connectivity index (χ0) is 12.7. The Hall–Kier alpha value is -0.860. The lowest BCUT2D eigenvalue weighted by molar-refractivity contribution is 0.152. The average Bonchev–Trinajstić information content (AvgIpc) is 2.97. The van der Waals surface area contributed by atoms with E-state index in [4.69, 9.17) is 5.73 Å². The van der Waals surface area contributed by atoms with E-state index in [0.29, 0.717) is 6.04 Å². The fraction of sp³-hybridized carbons (Fsp3) is 0.625. The van der Waals surface area contributed by atoms with Gasteiger partial charge in [0.2, 0.25) is 0 Å². The van der Waals surface area contributed by atoms with E-state index in [0.717, 1.165) is 18.5 Å². The van der Waals surface area contributed by atoms with E-state index < -0.39 is 0 Å². The summed E-state index contributed by atoms with van der Waals surface area (Å²) in [5.74, 6) is 0.939. The second-order valence-corrected chi connectivity index (χ2v) is 6.14. The maximum absolute atomic E-state index is 6.09. The van der Waals surface area contributed by atoms with Gasteiger partial charge >= 0.3 is 0 Å². The van der Waals surface area contributed by atoms with Crippen LogP contribution in [0, 0.1) is 19.8 Å². The lowest BCUT2D eigenvalue weighted by Crippen LogP contribution is -2.39. The van der Waals surface area contributed by atoms with Crippen molar-refractivity contribution in [1.29, 1.82) is 0 Å². The molecule has 0 amide bonds. The molecule has 3 atom stereocenters. The molecule has 0 radical (unpaired) electrons. The SMILES string of the molecule is Cc1ccc(C)c(C(CN)N2CC3CCC2C3)c1. The molecule has 1 saturated heterocycles. The van der Waals surface area contributed by atoms with Gasteiger partial charge in [-0.3, -0.25) is 4.90 Å². The van der Waals surface area contributed by atoms with Crippen molar-refractivity contribution in [2.45, 2.75) is 45.2 Å². The van der Waals surface area contributed by atoms with Gasteiger partial charge in [-0.15, -0.1) is 0 Å². The van der Waals surface area contributed by atoms with E-state index in [2.05, 4.69) is 36.9 Å². The third kappa shape index (κ3) is 1.98. The molecule has 2 bridgehead atoms. The van der Waals surface area contributed by atoms with Crippen molar-refractivity contribution in [3.63, 3.8) is 0 Å². The highest BCUT2D eigenvalue weighted by Gasteiger charge is 2.41. The molecule has 0 spiro atoms. The minimum Gasteiger partial charge on any atom is -0.329 e. The van der Waals surface area contributed by atoms with E-state index in [-0.39, 0.29) is 0 Å². The third-order valence-electron chi connectivity index (χ3n) is 4.87. The molecule has 2 nitrogen and oxygen atoms in total. The maximum atomic E-state index is 6.09. The van der Waals surface area contributed by atoms with E-state index in [1.54, 1.807) is 0 Å². The number of benzene rings is 1. The van der Waals surface area contributed by atoms with Crippen molar-refractivity contribution in [1.82, 2.24) is 4.90 Å². The van der Waals surface area contributed by atoms with Crippen LogP contribution in [0.2, 0.25) is 0 Å². The highest BCUT2D eigenvalue weighted by Crippen LogP contribution is 2.42. The van der Waals surface area contributed by atoms with Gasteiger partial charge in [0.05, 0.1) is 0 Å². The fourth-order valence-corrected chi connectivity index (χ4v) is 3.90. The minimum atomic E-state index is 0.431. The molecule has 1 aromatic carbocycles. The van der Waals surface area contributed by atoms with E-state index in [9.17, 15) is 0 Å². The van der Waals surface area contributed by atoms with Gasteiger partial charge in [0.15, 0.2) is 0 Å². The topological polar surface area (TPSA) is 29.3 Å². The Kier molecular flexibility index (Phi) is 3.16. The van der Waals surface area contributed by atoms with Crippen LogP contribution in [0.3, 0.4) is 0 Å². The second kappa shape index (κ2) is 4.67. The van der Waals surface area contributed by atoms with E-state index >= 15 is 0 Å². The van der Waals surface area contributed by atoms with Crippen LogP contribution in [0.5, 0.6) is 0 Å². The summed E-state index contributed by atoms with van der Waals surface area (Å²) in [6.45, 7) is 6.39. The van der Waals surface area contributed by atoms with Crippen LogP contribution in [-0.2, 0) is 0 Å². The lowest BCUT2D eigenvalue weighted by atomic mass is 9.96. The monoisotopic (exact) mass is 244 g/mol. The van der Waals surface area contributed by atoms with Crippen LogP contribution in [0.15, 0.2) is 18.2 Å². The molecule has 18 heavy (non-hydrogen) atoms. The Bertz CT molecular complexity index is 441. The van der Waals surface area contributed by atoms with Gasteiger partial charge in [-0.05, 0) is 50.2 Å². The predicted molar refractivity (Wildman–Crippen MR) is 75.5 cm³/mol. The molecule has 1 aliphatic carbocycles. The molecular formula is C16H24N2. The summed E-state index contributed by atoms with van der Waals surface area (Å²) in [5, 5.41) is 0. The first-order valence-corrected chi connectivity index (χ1v) is 7.22. The summed E-state index contributed by atoms with van der Waals surface area (Å²) >= 11 is 0. The number of nitrogens with two attached hydrogens (primary N) is 1. The van der Waals surface area contributed by atoms with Gasteiger partial charge in [0.1, 0.15) is 0 Å². The number of piperidine rings is 1. The number of fused-ring (bicyclic) bond motifs is 2. The fourth-order valence-electron chi connectivity index (χ4n) is 3.90. The van der Waals surface area contributed by atoms with Gasteiger partial charge in [-0.2, -0.15) is 0 Å². The Labute approximate surface area is 110 Å². The van der Waals surface area contributed by atoms with E-state index in [1.807, 2.05) is 0 Å². The number of hydrogen-bond acceptors (Lipinski definition) is 2. The van der Waals surface area contributed by atoms with Crippen LogP contribution < -0.4 is 5.73 Å². The Balaban J connectivity index is 1.90. The normalized spacial score (nSPS) is 28.8. The van der Waals surface area contributed by atoms with Crippen LogP contribution in [-0.4, -0.2) is 24.0 Å². The summed E-state index contributed by atoms with van der Waals surface area (Å²) in [7, 11) is 0. The summed E-state index contributed by atoms with van der Waals surface area (Å²) in [6.07, 6.45) is 4.22. The van der Waals surface area contributed by atoms with E-state index in [1.165, 1.54) is 42.5 Å². The molecule has 98 valence electrons. The number of rotatable bonds is 3. The van der Waals surface area contributed by atoms with Gasteiger partial charge in [0.25, 0.3) is 0 Å². The highest BCUT2D eigenvalue weighted by molar-refractivity contribution is 5.33. The van der Waals surface area contributed by atoms with Crippen molar-refractivity contribution >= 4 is 0 Å². The molecule has 3 rings (SSSR count). The summed E-state index contributed by atoms with van der Waals surface area (Å²) in [6, 6.07) is 7.99. The standard InChI is InChI=1S/C16H24N2/c1-11-3-4-12(2)15(7-11)16(9-17)18-10-13-5-6-14(18)8-13/h3-4,7,13-14,16H,5-6,8-10,17H2,1-2H3. The molecule has 1 saturated carbocycles. The van der Waals surface area contributed by atoms with Crippen LogP contribution in [0.25, 0.3) is 0 Å². The number of hydrogen-bond donors (Lipinski definition) is 1. The zero-order valence-electron chi connectivity index (χ0n) is 11.5. The Morgan fingerprint density at radius 2 is 2.17 bits per heavy atom. The average molecular weight is 244 g/mol. The smallest absolute Gasteiger partial charge is 0.0476 e. The first-order valence-electron chi connectivity index (χ1n) is 7.22. The third-order valence-corrected chi connectivity index (χ3v) is 4.87. The summed E-state index contributed by atoms with van der Waals surface area (Å²) in [5.41, 5.74) is 10.3. The molecule has 2 N–H and O–H groups in total. The molecule has 2 fully saturated rings. The molecular weight excluding hydrogens is 220 g/mol. The first-order chi connectivity index (χ1) is 8.69. The number of likely N-dealkylation sites (tertiary alicyclic amines) is 1. The maximum Gasteiger partial charge on any atom is 0.0476 e. The zero-order valence-corrected chi connectivity index (χ0v) is 11.5. The van der Waals surface area contributed by atoms with Crippen LogP contribution in [0.4, 0.5) is 0 Å². The molecule has 2 aliphatic rings. The first kappa shape index (κ1) is 12.2. The molecule has 0 aromatic heterocycles. The number of nitrogens with zero attached hydrogens (tertiary/aromatic N) is 1. The predicted octanol–water partition coefficient (Wildman–Crippen LogP) is 2.79. The quantitative estimate of drug-likeness (QED) is 0.886. The molecule has 1 aliphatic heterocycles.